The topological polar surface area (TPSA) is 90.2 Å². The maximum Gasteiger partial charge on any atom is 0.312 e. The summed E-state index contributed by atoms with van der Waals surface area (Å²) in [6.07, 6.45) is 3.09. The minimum atomic E-state index is -0.477. The molecule has 0 radical (unpaired) electrons. The van der Waals surface area contributed by atoms with E-state index in [0.717, 1.165) is 5.69 Å². The normalized spacial score (nSPS) is 9.95. The number of ether oxygens (including phenoxy) is 1. The maximum atomic E-state index is 10.9. The van der Waals surface area contributed by atoms with E-state index >= 15 is 0 Å². The van der Waals surface area contributed by atoms with Gasteiger partial charge in [-0.15, -0.1) is 0 Å². The summed E-state index contributed by atoms with van der Waals surface area (Å²) in [7, 11) is 1.40. The van der Waals surface area contributed by atoms with Gasteiger partial charge in [0.15, 0.2) is 5.75 Å². The second kappa shape index (κ2) is 5.76. The summed E-state index contributed by atoms with van der Waals surface area (Å²) in [5.74, 6) is 0.234. The molecule has 0 aliphatic rings. The zero-order valence-corrected chi connectivity index (χ0v) is 10.2. The third-order valence-corrected chi connectivity index (χ3v) is 2.49. The van der Waals surface area contributed by atoms with Crippen LogP contribution in [0.4, 0.5) is 11.4 Å². The van der Waals surface area contributed by atoms with E-state index in [1.54, 1.807) is 24.4 Å². The molecule has 98 valence electrons. The summed E-state index contributed by atoms with van der Waals surface area (Å²) in [5.41, 5.74) is 1.36. The highest BCUT2D eigenvalue weighted by molar-refractivity contribution is 5.58. The van der Waals surface area contributed by atoms with Gasteiger partial charge in [-0.1, -0.05) is 0 Å². The number of nitro groups is 1. The van der Waals surface area contributed by atoms with Gasteiger partial charge in [0.2, 0.25) is 0 Å². The lowest BCUT2D eigenvalue weighted by Crippen LogP contribution is -2.02. The number of anilines is 1. The van der Waals surface area contributed by atoms with Crippen LogP contribution in [0.2, 0.25) is 0 Å². The molecule has 1 heterocycles. The lowest BCUT2D eigenvalue weighted by atomic mass is 10.2. The average Bonchev–Trinajstić information content (AvgIpc) is 2.46. The van der Waals surface area contributed by atoms with E-state index in [4.69, 9.17) is 4.74 Å². The van der Waals surface area contributed by atoms with Gasteiger partial charge in [0.05, 0.1) is 24.3 Å². The molecule has 7 nitrogen and oxygen atoms in total. The van der Waals surface area contributed by atoms with Crippen molar-refractivity contribution in [3.05, 3.63) is 52.6 Å². The molecular weight excluding hydrogens is 248 g/mol. The predicted molar refractivity (Wildman–Crippen MR) is 69.0 cm³/mol. The first-order valence-electron chi connectivity index (χ1n) is 5.52. The van der Waals surface area contributed by atoms with E-state index in [9.17, 15) is 10.1 Å². The first-order chi connectivity index (χ1) is 9.20. The number of hydrogen-bond donors (Lipinski definition) is 1. The molecule has 0 bridgehead atoms. The molecule has 0 spiro atoms. The Hall–Kier alpha value is -2.70. The highest BCUT2D eigenvalue weighted by Crippen LogP contribution is 2.29. The second-order valence-corrected chi connectivity index (χ2v) is 3.70. The number of aromatic nitrogens is 2. The highest BCUT2D eigenvalue weighted by atomic mass is 16.6. The molecule has 1 aromatic carbocycles. The minimum Gasteiger partial charge on any atom is -0.490 e. The van der Waals surface area contributed by atoms with E-state index in [2.05, 4.69) is 15.3 Å². The van der Waals surface area contributed by atoms with E-state index in [1.165, 1.54) is 19.5 Å². The van der Waals surface area contributed by atoms with Crippen LogP contribution in [0.15, 0.2) is 36.8 Å². The zero-order valence-electron chi connectivity index (χ0n) is 10.2. The monoisotopic (exact) mass is 260 g/mol. The number of nitrogens with one attached hydrogen (secondary N) is 1. The Morgan fingerprint density at radius 1 is 1.42 bits per heavy atom. The quantitative estimate of drug-likeness (QED) is 0.653. The Morgan fingerprint density at radius 3 is 2.89 bits per heavy atom. The largest absolute Gasteiger partial charge is 0.490 e. The van der Waals surface area contributed by atoms with Gasteiger partial charge in [0.25, 0.3) is 0 Å². The third-order valence-electron chi connectivity index (χ3n) is 2.49. The van der Waals surface area contributed by atoms with Crippen LogP contribution in [0.3, 0.4) is 0 Å². The smallest absolute Gasteiger partial charge is 0.312 e. The molecule has 19 heavy (non-hydrogen) atoms. The van der Waals surface area contributed by atoms with Gasteiger partial charge in [-0.05, 0) is 18.2 Å². The SMILES string of the molecule is COc1ccc(NCc2ccncn2)cc1[N+](=O)[O-]. The van der Waals surface area contributed by atoms with Crippen LogP contribution in [0.25, 0.3) is 0 Å². The van der Waals surface area contributed by atoms with Crippen molar-refractivity contribution in [2.24, 2.45) is 0 Å². The standard InChI is InChI=1S/C12H12N4O3/c1-19-12-3-2-9(6-11(12)16(17)18)14-7-10-4-5-13-8-15-10/h2-6,8,14H,7H2,1H3. The van der Waals surface area contributed by atoms with Crippen molar-refractivity contribution in [2.45, 2.75) is 6.54 Å². The van der Waals surface area contributed by atoms with E-state index in [1.807, 2.05) is 0 Å². The molecular formula is C12H12N4O3. The van der Waals surface area contributed by atoms with Crippen molar-refractivity contribution in [3.63, 3.8) is 0 Å². The van der Waals surface area contributed by atoms with Gasteiger partial charge >= 0.3 is 5.69 Å². The van der Waals surface area contributed by atoms with E-state index in [0.29, 0.717) is 12.2 Å². The Balaban J connectivity index is 2.13. The number of nitro benzene ring substituents is 1. The van der Waals surface area contributed by atoms with Gasteiger partial charge in [-0.3, -0.25) is 10.1 Å². The van der Waals surface area contributed by atoms with Crippen molar-refractivity contribution >= 4 is 11.4 Å². The molecule has 0 amide bonds. The Labute approximate surface area is 109 Å². The maximum absolute atomic E-state index is 10.9. The summed E-state index contributed by atoms with van der Waals surface area (Å²) in [5, 5.41) is 13.9. The minimum absolute atomic E-state index is 0.0739. The number of hydrogen-bond acceptors (Lipinski definition) is 6. The van der Waals surface area contributed by atoms with Crippen molar-refractivity contribution < 1.29 is 9.66 Å². The van der Waals surface area contributed by atoms with Crippen LogP contribution >= 0.6 is 0 Å². The lowest BCUT2D eigenvalue weighted by Gasteiger charge is -2.07. The molecule has 0 unspecified atom stereocenters. The Bertz CT molecular complexity index is 574. The van der Waals surface area contributed by atoms with Gasteiger partial charge in [-0.2, -0.15) is 0 Å². The molecule has 2 rings (SSSR count). The van der Waals surface area contributed by atoms with Crippen LogP contribution in [0.5, 0.6) is 5.75 Å². The van der Waals surface area contributed by atoms with Crippen LogP contribution in [-0.4, -0.2) is 22.0 Å². The van der Waals surface area contributed by atoms with Crippen molar-refractivity contribution in [1.82, 2.24) is 9.97 Å². The molecule has 1 aromatic heterocycles. The van der Waals surface area contributed by atoms with Gasteiger partial charge in [0, 0.05) is 18.0 Å². The number of nitrogens with zero attached hydrogens (tertiary/aromatic N) is 3. The fourth-order valence-electron chi connectivity index (χ4n) is 1.56. The molecule has 0 saturated heterocycles. The zero-order chi connectivity index (χ0) is 13.7. The van der Waals surface area contributed by atoms with Crippen LogP contribution in [-0.2, 0) is 6.54 Å². The van der Waals surface area contributed by atoms with E-state index < -0.39 is 4.92 Å². The summed E-state index contributed by atoms with van der Waals surface area (Å²) in [4.78, 5) is 18.3. The molecule has 0 saturated carbocycles. The molecule has 7 heteroatoms. The van der Waals surface area contributed by atoms with Crippen LogP contribution < -0.4 is 10.1 Å². The molecule has 0 atom stereocenters. The fraction of sp³-hybridized carbons (Fsp3) is 0.167. The number of rotatable bonds is 5. The highest BCUT2D eigenvalue weighted by Gasteiger charge is 2.14. The summed E-state index contributed by atoms with van der Waals surface area (Å²) >= 11 is 0. The fourth-order valence-corrected chi connectivity index (χ4v) is 1.56. The van der Waals surface area contributed by atoms with Crippen LogP contribution in [0.1, 0.15) is 5.69 Å². The molecule has 0 aliphatic carbocycles. The Kier molecular flexibility index (Phi) is 3.87. The molecule has 0 fully saturated rings. The van der Waals surface area contributed by atoms with Gasteiger partial charge in [-0.25, -0.2) is 9.97 Å². The van der Waals surface area contributed by atoms with Crippen molar-refractivity contribution in [1.29, 1.82) is 0 Å². The van der Waals surface area contributed by atoms with E-state index in [-0.39, 0.29) is 11.4 Å². The first-order valence-corrected chi connectivity index (χ1v) is 5.52. The van der Waals surface area contributed by atoms with Crippen molar-refractivity contribution in [3.8, 4) is 5.75 Å². The number of benzene rings is 1. The van der Waals surface area contributed by atoms with Gasteiger partial charge < -0.3 is 10.1 Å². The summed E-state index contributed by atoms with van der Waals surface area (Å²) in [6.45, 7) is 0.464. The predicted octanol–water partition coefficient (Wildman–Crippen LogP) is 2.01. The lowest BCUT2D eigenvalue weighted by molar-refractivity contribution is -0.385. The molecule has 0 aliphatic heterocycles. The summed E-state index contributed by atoms with van der Waals surface area (Å²) < 4.78 is 4.93. The number of methoxy groups -OCH3 is 1. The first kappa shape index (κ1) is 12.7. The Morgan fingerprint density at radius 2 is 2.26 bits per heavy atom. The van der Waals surface area contributed by atoms with Crippen molar-refractivity contribution in [2.75, 3.05) is 12.4 Å². The second-order valence-electron chi connectivity index (χ2n) is 3.70. The van der Waals surface area contributed by atoms with Gasteiger partial charge in [0.1, 0.15) is 6.33 Å². The molecule has 1 N–H and O–H groups in total. The van der Waals surface area contributed by atoms with Crippen LogP contribution in [0, 0.1) is 10.1 Å². The third kappa shape index (κ3) is 3.15. The molecule has 2 aromatic rings. The summed E-state index contributed by atoms with van der Waals surface area (Å²) in [6, 6.07) is 6.47. The average molecular weight is 260 g/mol.